The molecule has 3 saturated heterocycles. The third-order valence-electron chi connectivity index (χ3n) is 11.1. The second-order valence-electron chi connectivity index (χ2n) is 15.3. The molecule has 3 atom stereocenters. The Morgan fingerprint density at radius 1 is 1.09 bits per heavy atom. The maximum atomic E-state index is 13.7. The molecule has 13 nitrogen and oxygen atoms in total. The summed E-state index contributed by atoms with van der Waals surface area (Å²) in [7, 11) is 0. The van der Waals surface area contributed by atoms with Gasteiger partial charge in [-0.1, -0.05) is 13.0 Å². The van der Waals surface area contributed by atoms with Crippen molar-refractivity contribution >= 4 is 59.0 Å². The molecule has 0 spiro atoms. The normalized spacial score (nSPS) is 20.7. The fourth-order valence-corrected chi connectivity index (χ4v) is 8.39. The van der Waals surface area contributed by atoms with Crippen LogP contribution in [0.1, 0.15) is 76.6 Å². The summed E-state index contributed by atoms with van der Waals surface area (Å²) in [5, 5.41) is 17.6. The first-order valence-corrected chi connectivity index (χ1v) is 19.8. The van der Waals surface area contributed by atoms with Crippen LogP contribution in [0.15, 0.2) is 54.7 Å². The van der Waals surface area contributed by atoms with Crippen LogP contribution < -0.4 is 30.5 Å². The van der Waals surface area contributed by atoms with Gasteiger partial charge in [0, 0.05) is 23.5 Å². The summed E-state index contributed by atoms with van der Waals surface area (Å²) < 4.78 is 47.5. The largest absolute Gasteiger partial charge is 0.493 e. The highest BCUT2D eigenvalue weighted by Gasteiger charge is 2.52. The summed E-state index contributed by atoms with van der Waals surface area (Å²) in [4.78, 5) is 59.3. The highest BCUT2D eigenvalue weighted by atomic mass is 32.1. The van der Waals surface area contributed by atoms with E-state index in [4.69, 9.17) is 17.4 Å². The van der Waals surface area contributed by atoms with Crippen molar-refractivity contribution in [1.82, 2.24) is 15.2 Å². The first-order chi connectivity index (χ1) is 27.5. The third-order valence-corrected chi connectivity index (χ3v) is 11.6. The molecule has 4 heterocycles. The number of pyridine rings is 1. The zero-order valence-electron chi connectivity index (χ0n) is 32.7. The number of aromatic nitrogens is 1. The minimum atomic E-state index is -4.84. The number of carbonyl (C=O) groups excluding carboxylic acids is 4. The predicted octanol–water partition coefficient (Wildman–Crippen LogP) is 6.10. The number of hydrogen-bond donors (Lipinski definition) is 4. The van der Waals surface area contributed by atoms with Crippen LogP contribution in [0.2, 0.25) is 0 Å². The van der Waals surface area contributed by atoms with E-state index in [0.717, 1.165) is 55.1 Å². The number of alkyl halides is 3. The molecule has 0 radical (unpaired) electrons. The van der Waals surface area contributed by atoms with E-state index in [1.165, 1.54) is 6.07 Å². The summed E-state index contributed by atoms with van der Waals surface area (Å²) in [6, 6.07) is 14.1. The molecule has 17 heteroatoms. The lowest BCUT2D eigenvalue weighted by Gasteiger charge is -2.35. The number of benzene rings is 2. The third kappa shape index (κ3) is 9.02. The van der Waals surface area contributed by atoms with Crippen LogP contribution in [0.4, 0.5) is 35.9 Å². The van der Waals surface area contributed by atoms with Gasteiger partial charge in [-0.3, -0.25) is 34.3 Å². The van der Waals surface area contributed by atoms with Crippen molar-refractivity contribution in [3.05, 3.63) is 71.5 Å². The second-order valence-corrected chi connectivity index (χ2v) is 15.8. The number of anilines is 4. The molecule has 308 valence electrons. The number of carbonyl (C=O) groups is 4. The van der Waals surface area contributed by atoms with Crippen molar-refractivity contribution in [3.8, 4) is 11.8 Å². The van der Waals surface area contributed by atoms with Crippen molar-refractivity contribution in [1.29, 1.82) is 5.26 Å². The highest BCUT2D eigenvalue weighted by molar-refractivity contribution is 7.81. The lowest BCUT2D eigenvalue weighted by atomic mass is 9.93. The van der Waals surface area contributed by atoms with Crippen molar-refractivity contribution in [3.63, 3.8) is 0 Å². The fraction of sp³-hybridized carbons (Fsp3) is 0.463. The molecule has 0 saturated carbocycles. The number of rotatable bonds is 12. The minimum Gasteiger partial charge on any atom is -0.493 e. The molecule has 0 bridgehead atoms. The second kappa shape index (κ2) is 17.3. The maximum Gasteiger partial charge on any atom is 0.419 e. The fourth-order valence-electron chi connectivity index (χ4n) is 7.73. The SMILES string of the molecule is CCc1cc(N2[C@H](S)N(c3cnc(C#N)c(C(F)(F)F)c3)C(=O)C2(C)C)ccc1OCCC1CCN([C@@H](C)C(=O)Nc2cccc(N[C@H]3CCC(=O)NC3=O)c2)CC1. The van der Waals surface area contributed by atoms with Crippen LogP contribution in [0, 0.1) is 17.2 Å². The maximum absolute atomic E-state index is 13.7. The van der Waals surface area contributed by atoms with Crippen LogP contribution in [0.5, 0.6) is 5.75 Å². The number of nitriles is 1. The minimum absolute atomic E-state index is 0.116. The number of hydrogen-bond acceptors (Lipinski definition) is 11. The number of imide groups is 1. The van der Waals surface area contributed by atoms with Gasteiger partial charge in [0.15, 0.2) is 11.2 Å². The van der Waals surface area contributed by atoms with Crippen molar-refractivity contribution < 1.29 is 37.1 Å². The van der Waals surface area contributed by atoms with Crippen molar-refractivity contribution in [2.24, 2.45) is 5.92 Å². The number of ether oxygens (including phenoxy) is 1. The van der Waals surface area contributed by atoms with Crippen LogP contribution in [0.3, 0.4) is 0 Å². The van der Waals surface area contributed by atoms with Gasteiger partial charge < -0.3 is 20.3 Å². The van der Waals surface area contributed by atoms with E-state index < -0.39 is 40.4 Å². The number of halogens is 3. The molecule has 3 aromatic rings. The van der Waals surface area contributed by atoms with Crippen LogP contribution in [0.25, 0.3) is 0 Å². The molecular formula is C41H47F3N8O5S. The van der Waals surface area contributed by atoms with E-state index in [1.54, 1.807) is 43.0 Å². The summed E-state index contributed by atoms with van der Waals surface area (Å²) in [6.07, 6.45) is 0.172. The van der Waals surface area contributed by atoms with Gasteiger partial charge in [0.25, 0.3) is 5.91 Å². The Hall–Kier alpha value is -5.34. The number of amides is 4. The molecule has 2 aromatic carbocycles. The number of nitrogens with zero attached hydrogens (tertiary/aromatic N) is 5. The Bertz CT molecular complexity index is 2100. The lowest BCUT2D eigenvalue weighted by molar-refractivity contribution is -0.138. The van der Waals surface area contributed by atoms with E-state index in [2.05, 4.69) is 25.8 Å². The van der Waals surface area contributed by atoms with Gasteiger partial charge in [-0.25, -0.2) is 4.98 Å². The zero-order valence-corrected chi connectivity index (χ0v) is 33.6. The molecule has 3 aliphatic rings. The van der Waals surface area contributed by atoms with Gasteiger partial charge in [-0.2, -0.15) is 18.4 Å². The average molecular weight is 821 g/mol. The van der Waals surface area contributed by atoms with Gasteiger partial charge in [-0.15, -0.1) is 12.6 Å². The van der Waals surface area contributed by atoms with Crippen molar-refractivity contribution in [2.75, 3.05) is 40.1 Å². The molecular weight excluding hydrogens is 774 g/mol. The molecule has 0 aliphatic carbocycles. The smallest absolute Gasteiger partial charge is 0.419 e. The molecule has 58 heavy (non-hydrogen) atoms. The van der Waals surface area contributed by atoms with Crippen LogP contribution >= 0.6 is 12.6 Å². The van der Waals surface area contributed by atoms with Gasteiger partial charge in [0.05, 0.1) is 30.1 Å². The van der Waals surface area contributed by atoms with Gasteiger partial charge in [0.2, 0.25) is 17.7 Å². The molecule has 1 aromatic heterocycles. The van der Waals surface area contributed by atoms with E-state index in [9.17, 15) is 37.6 Å². The van der Waals surface area contributed by atoms with Gasteiger partial charge >= 0.3 is 6.18 Å². The topological polar surface area (TPSA) is 160 Å². The predicted molar refractivity (Wildman–Crippen MR) is 215 cm³/mol. The summed E-state index contributed by atoms with van der Waals surface area (Å²) >= 11 is 4.70. The molecule has 4 amide bonds. The molecule has 0 unspecified atom stereocenters. The molecule has 6 rings (SSSR count). The summed E-state index contributed by atoms with van der Waals surface area (Å²) in [5.74, 6) is -0.138. The zero-order chi connectivity index (χ0) is 41.9. The number of aryl methyl sites for hydroxylation is 1. The van der Waals surface area contributed by atoms with Gasteiger partial charge in [-0.05, 0) is 120 Å². The molecule has 3 N–H and O–H groups in total. The van der Waals surface area contributed by atoms with Crippen molar-refractivity contribution in [2.45, 2.75) is 95.5 Å². The summed E-state index contributed by atoms with van der Waals surface area (Å²) in [6.45, 7) is 9.24. The number of thiol groups is 1. The van der Waals surface area contributed by atoms with E-state index in [1.807, 2.05) is 32.0 Å². The van der Waals surface area contributed by atoms with Gasteiger partial charge in [0.1, 0.15) is 23.4 Å². The van der Waals surface area contributed by atoms with E-state index in [0.29, 0.717) is 48.2 Å². The van der Waals surface area contributed by atoms with Crippen LogP contribution in [-0.4, -0.2) is 76.3 Å². The first kappa shape index (κ1) is 42.3. The highest BCUT2D eigenvalue weighted by Crippen LogP contribution is 2.43. The average Bonchev–Trinajstić information content (AvgIpc) is 3.37. The van der Waals surface area contributed by atoms with Crippen LogP contribution in [-0.2, 0) is 31.8 Å². The Kier molecular flexibility index (Phi) is 12.6. The molecule has 3 aliphatic heterocycles. The summed E-state index contributed by atoms with van der Waals surface area (Å²) in [5.41, 5.74) is -1.45. The Labute approximate surface area is 340 Å². The number of likely N-dealkylation sites (tertiary alicyclic amines) is 1. The Balaban J connectivity index is 1.01. The number of piperidine rings is 2. The number of nitrogens with one attached hydrogen (secondary N) is 3. The lowest BCUT2D eigenvalue weighted by Crippen LogP contribution is -2.47. The standard InChI is InChI=1S/C41H47F3N8O5S/c1-5-26-19-29(52-39(58)51(38(56)40(52,3)4)30-21-31(41(42,43)44)33(22-45)46-23-30)9-11-34(26)57-18-15-25-13-16-50(17-14-25)24(2)36(54)48-28-8-6-7-27(20-28)47-32-10-12-35(53)49-37(32)55/h6-9,11,19-21,23-25,32,39,47,58H,5,10,12-18H2,1-4H3,(H,48,54)(H,49,53,55)/t24-,32-,39+/m0/s1. The van der Waals surface area contributed by atoms with E-state index in [-0.39, 0.29) is 35.9 Å². The monoisotopic (exact) mass is 820 g/mol. The Morgan fingerprint density at radius 2 is 1.81 bits per heavy atom. The first-order valence-electron chi connectivity index (χ1n) is 19.3. The quantitative estimate of drug-likeness (QED) is 0.124. The Morgan fingerprint density at radius 3 is 2.48 bits per heavy atom. The van der Waals surface area contributed by atoms with E-state index >= 15 is 0 Å². The molecule has 3 fully saturated rings.